The summed E-state index contributed by atoms with van der Waals surface area (Å²) in [6.45, 7) is 5.67. The van der Waals surface area contributed by atoms with E-state index in [1.165, 1.54) is 12.1 Å². The van der Waals surface area contributed by atoms with Gasteiger partial charge in [-0.05, 0) is 30.9 Å². The first-order chi connectivity index (χ1) is 7.84. The standard InChI is InChI=1S/C12H18N2O3.ClH/c1-7(2)6-9(13)11-10(14(16)17)5-4-8(3)12(11)15;/h4-5,7,9,15H,6,13H2,1-3H3;1H/t9-;/m1./s1. The number of hydrogen-bond donors (Lipinski definition) is 2. The number of rotatable bonds is 4. The fourth-order valence-corrected chi connectivity index (χ4v) is 1.86. The second-order valence-corrected chi connectivity index (χ2v) is 4.66. The number of benzene rings is 1. The molecule has 0 amide bonds. The number of phenols is 1. The van der Waals surface area contributed by atoms with E-state index in [2.05, 4.69) is 0 Å². The highest BCUT2D eigenvalue weighted by atomic mass is 35.5. The highest BCUT2D eigenvalue weighted by Crippen LogP contribution is 2.36. The number of nitrogens with two attached hydrogens (primary N) is 1. The first-order valence-electron chi connectivity index (χ1n) is 5.57. The van der Waals surface area contributed by atoms with Crippen molar-refractivity contribution >= 4 is 18.1 Å². The van der Waals surface area contributed by atoms with Crippen molar-refractivity contribution in [1.29, 1.82) is 0 Å². The number of aryl methyl sites for hydroxylation is 1. The Bertz CT molecular complexity index is 436. The van der Waals surface area contributed by atoms with E-state index in [1.807, 2.05) is 13.8 Å². The van der Waals surface area contributed by atoms with Crippen LogP contribution in [0, 0.1) is 23.0 Å². The van der Waals surface area contributed by atoms with Gasteiger partial charge in [-0.3, -0.25) is 10.1 Å². The first kappa shape index (κ1) is 16.7. The van der Waals surface area contributed by atoms with Gasteiger partial charge in [-0.1, -0.05) is 13.8 Å². The minimum absolute atomic E-state index is 0. The van der Waals surface area contributed by atoms with Gasteiger partial charge in [0.15, 0.2) is 0 Å². The molecule has 18 heavy (non-hydrogen) atoms. The molecule has 3 N–H and O–H groups in total. The van der Waals surface area contributed by atoms with Crippen molar-refractivity contribution in [2.45, 2.75) is 33.2 Å². The van der Waals surface area contributed by atoms with E-state index >= 15 is 0 Å². The van der Waals surface area contributed by atoms with Gasteiger partial charge in [0.05, 0.1) is 10.5 Å². The molecule has 0 aliphatic carbocycles. The van der Waals surface area contributed by atoms with Crippen LogP contribution in [0.4, 0.5) is 5.69 Å². The summed E-state index contributed by atoms with van der Waals surface area (Å²) in [6, 6.07) is 2.40. The molecule has 6 heteroatoms. The molecule has 0 bridgehead atoms. The zero-order chi connectivity index (χ0) is 13.2. The summed E-state index contributed by atoms with van der Waals surface area (Å²) in [7, 11) is 0. The Morgan fingerprint density at radius 2 is 2.00 bits per heavy atom. The molecule has 1 aromatic carbocycles. The van der Waals surface area contributed by atoms with Crippen LogP contribution >= 0.6 is 12.4 Å². The van der Waals surface area contributed by atoms with E-state index in [-0.39, 0.29) is 29.4 Å². The lowest BCUT2D eigenvalue weighted by atomic mass is 9.94. The number of nitrogens with zero attached hydrogens (tertiary/aromatic N) is 1. The van der Waals surface area contributed by atoms with Crippen LogP contribution in [0.3, 0.4) is 0 Å². The largest absolute Gasteiger partial charge is 0.507 e. The monoisotopic (exact) mass is 274 g/mol. The maximum absolute atomic E-state index is 10.9. The quantitative estimate of drug-likeness (QED) is 0.652. The van der Waals surface area contributed by atoms with Crippen molar-refractivity contribution in [3.63, 3.8) is 0 Å². The molecule has 0 aliphatic rings. The number of hydrogen-bond acceptors (Lipinski definition) is 4. The summed E-state index contributed by atoms with van der Waals surface area (Å²) >= 11 is 0. The fourth-order valence-electron chi connectivity index (χ4n) is 1.86. The molecule has 5 nitrogen and oxygen atoms in total. The SMILES string of the molecule is Cc1ccc([N+](=O)[O-])c([C@H](N)CC(C)C)c1O.Cl. The van der Waals surface area contributed by atoms with Crippen LogP contribution in [-0.4, -0.2) is 10.0 Å². The second kappa shape index (κ2) is 6.56. The van der Waals surface area contributed by atoms with Crippen LogP contribution in [0.15, 0.2) is 12.1 Å². The zero-order valence-electron chi connectivity index (χ0n) is 10.7. The van der Waals surface area contributed by atoms with Gasteiger partial charge in [0.2, 0.25) is 0 Å². The lowest BCUT2D eigenvalue weighted by Gasteiger charge is -2.16. The van der Waals surface area contributed by atoms with Gasteiger partial charge < -0.3 is 10.8 Å². The van der Waals surface area contributed by atoms with E-state index in [0.29, 0.717) is 17.9 Å². The van der Waals surface area contributed by atoms with Crippen LogP contribution < -0.4 is 5.73 Å². The maximum Gasteiger partial charge on any atom is 0.277 e. The Balaban J connectivity index is 0.00000289. The molecule has 1 atom stereocenters. The number of phenolic OH excluding ortho intramolecular Hbond substituents is 1. The Morgan fingerprint density at radius 1 is 1.44 bits per heavy atom. The minimum Gasteiger partial charge on any atom is -0.507 e. The summed E-state index contributed by atoms with van der Waals surface area (Å²) in [5.41, 5.74) is 6.67. The molecule has 1 rings (SSSR count). The van der Waals surface area contributed by atoms with Crippen LogP contribution in [0.5, 0.6) is 5.75 Å². The number of halogens is 1. The van der Waals surface area contributed by atoms with Gasteiger partial charge >= 0.3 is 0 Å². The molecule has 0 heterocycles. The number of nitro benzene ring substituents is 1. The van der Waals surface area contributed by atoms with Crippen molar-refractivity contribution in [3.8, 4) is 5.75 Å². The van der Waals surface area contributed by atoms with E-state index in [0.717, 1.165) is 0 Å². The molecule has 0 spiro atoms. The molecule has 0 radical (unpaired) electrons. The normalized spacial score (nSPS) is 12.1. The van der Waals surface area contributed by atoms with Crippen LogP contribution in [0.25, 0.3) is 0 Å². The molecule has 0 saturated carbocycles. The third-order valence-electron chi connectivity index (χ3n) is 2.69. The summed E-state index contributed by atoms with van der Waals surface area (Å²) in [6.07, 6.45) is 0.595. The topological polar surface area (TPSA) is 89.4 Å². The molecule has 0 saturated heterocycles. The Hall–Kier alpha value is -1.33. The molecule has 0 unspecified atom stereocenters. The Labute approximate surface area is 113 Å². The first-order valence-corrected chi connectivity index (χ1v) is 5.57. The number of aromatic hydroxyl groups is 1. The van der Waals surface area contributed by atoms with Crippen molar-refractivity contribution in [2.75, 3.05) is 0 Å². The summed E-state index contributed by atoms with van der Waals surface area (Å²) in [4.78, 5) is 10.4. The van der Waals surface area contributed by atoms with Gasteiger partial charge in [-0.2, -0.15) is 0 Å². The van der Waals surface area contributed by atoms with Gasteiger partial charge in [0, 0.05) is 12.1 Å². The highest BCUT2D eigenvalue weighted by Gasteiger charge is 2.24. The third-order valence-corrected chi connectivity index (χ3v) is 2.69. The molecule has 0 aliphatic heterocycles. The summed E-state index contributed by atoms with van der Waals surface area (Å²) < 4.78 is 0. The molecule has 102 valence electrons. The average Bonchev–Trinajstić information content (AvgIpc) is 2.20. The molecule has 0 aromatic heterocycles. The maximum atomic E-state index is 10.9. The smallest absolute Gasteiger partial charge is 0.277 e. The highest BCUT2D eigenvalue weighted by molar-refractivity contribution is 5.85. The van der Waals surface area contributed by atoms with Crippen LogP contribution in [0.2, 0.25) is 0 Å². The summed E-state index contributed by atoms with van der Waals surface area (Å²) in [5, 5.41) is 20.8. The lowest BCUT2D eigenvalue weighted by molar-refractivity contribution is -0.385. The van der Waals surface area contributed by atoms with Gasteiger partial charge in [0.1, 0.15) is 5.75 Å². The minimum atomic E-state index is -0.518. The molecule has 1 aromatic rings. The Kier molecular flexibility index (Phi) is 6.08. The second-order valence-electron chi connectivity index (χ2n) is 4.66. The van der Waals surface area contributed by atoms with E-state index < -0.39 is 11.0 Å². The predicted molar refractivity (Wildman–Crippen MR) is 73.1 cm³/mol. The number of nitro groups is 1. The van der Waals surface area contributed by atoms with E-state index in [1.54, 1.807) is 6.92 Å². The average molecular weight is 275 g/mol. The Morgan fingerprint density at radius 3 is 2.44 bits per heavy atom. The van der Waals surface area contributed by atoms with Gasteiger partial charge in [-0.25, -0.2) is 0 Å². The van der Waals surface area contributed by atoms with Crippen molar-refractivity contribution < 1.29 is 10.0 Å². The fraction of sp³-hybridized carbons (Fsp3) is 0.500. The van der Waals surface area contributed by atoms with Crippen LogP contribution in [0.1, 0.15) is 37.4 Å². The van der Waals surface area contributed by atoms with Crippen molar-refractivity contribution in [1.82, 2.24) is 0 Å². The summed E-state index contributed by atoms with van der Waals surface area (Å²) in [5.74, 6) is 0.247. The van der Waals surface area contributed by atoms with Crippen molar-refractivity contribution in [3.05, 3.63) is 33.4 Å². The van der Waals surface area contributed by atoms with Crippen LogP contribution in [-0.2, 0) is 0 Å². The molecular formula is C12H19ClN2O3. The van der Waals surface area contributed by atoms with E-state index in [4.69, 9.17) is 5.73 Å². The van der Waals surface area contributed by atoms with Crippen molar-refractivity contribution in [2.24, 2.45) is 11.7 Å². The molecule has 0 fully saturated rings. The van der Waals surface area contributed by atoms with Gasteiger partial charge in [0.25, 0.3) is 5.69 Å². The van der Waals surface area contributed by atoms with Gasteiger partial charge in [-0.15, -0.1) is 12.4 Å². The predicted octanol–water partition coefficient (Wildman–Crippen LogP) is 3.08. The molecular weight excluding hydrogens is 256 g/mol. The zero-order valence-corrected chi connectivity index (χ0v) is 11.5. The third kappa shape index (κ3) is 3.58. The lowest BCUT2D eigenvalue weighted by Crippen LogP contribution is -2.15. The van der Waals surface area contributed by atoms with E-state index in [9.17, 15) is 15.2 Å².